The van der Waals surface area contributed by atoms with Gasteiger partial charge in [0.15, 0.2) is 0 Å². The Kier molecular flexibility index (Phi) is 2.57. The molecule has 2 saturated heterocycles. The van der Waals surface area contributed by atoms with E-state index in [-0.39, 0.29) is 18.4 Å². The molecule has 1 amide bonds. The first-order valence-electron chi connectivity index (χ1n) is 4.88. The topological polar surface area (TPSA) is 79.2 Å². The first kappa shape index (κ1) is 9.95. The Balaban J connectivity index is 1.98. The summed E-state index contributed by atoms with van der Waals surface area (Å²) in [5.41, 5.74) is 0.666. The van der Waals surface area contributed by atoms with E-state index in [1.807, 2.05) is 0 Å². The zero-order valence-electron chi connectivity index (χ0n) is 8.18. The average molecular weight is 212 g/mol. The lowest BCUT2D eigenvalue weighted by atomic mass is 10.1. The number of oxime groups is 1. The number of amides is 1. The summed E-state index contributed by atoms with van der Waals surface area (Å²) in [5.74, 6) is -0.998. The molecule has 1 N–H and O–H groups in total. The van der Waals surface area contributed by atoms with Crippen molar-refractivity contribution in [1.82, 2.24) is 4.90 Å². The van der Waals surface area contributed by atoms with E-state index in [4.69, 9.17) is 5.11 Å². The van der Waals surface area contributed by atoms with Crippen molar-refractivity contribution >= 4 is 17.6 Å². The fraction of sp³-hybridized carbons (Fsp3) is 0.667. The van der Waals surface area contributed by atoms with Crippen molar-refractivity contribution in [2.45, 2.75) is 25.3 Å². The summed E-state index contributed by atoms with van der Waals surface area (Å²) in [5, 5.41) is 12.1. The molecule has 2 fully saturated rings. The first-order valence-corrected chi connectivity index (χ1v) is 4.88. The fourth-order valence-corrected chi connectivity index (χ4v) is 2.05. The Morgan fingerprint density at radius 2 is 2.47 bits per heavy atom. The maximum Gasteiger partial charge on any atom is 0.344 e. The lowest BCUT2D eigenvalue weighted by molar-refractivity contribution is -0.142. The molecular formula is C9H12N2O4. The summed E-state index contributed by atoms with van der Waals surface area (Å²) >= 11 is 0. The quantitative estimate of drug-likeness (QED) is 0.659. The number of rotatable bonds is 3. The zero-order chi connectivity index (χ0) is 10.8. The van der Waals surface area contributed by atoms with Crippen LogP contribution < -0.4 is 0 Å². The maximum absolute atomic E-state index is 11.4. The molecule has 0 aromatic carbocycles. The van der Waals surface area contributed by atoms with E-state index in [9.17, 15) is 9.59 Å². The normalized spacial score (nSPS) is 27.2. The summed E-state index contributed by atoms with van der Waals surface area (Å²) in [4.78, 5) is 28.1. The van der Waals surface area contributed by atoms with Gasteiger partial charge in [0.1, 0.15) is 0 Å². The molecule has 0 aromatic rings. The molecule has 82 valence electrons. The third kappa shape index (κ3) is 1.93. The van der Waals surface area contributed by atoms with Crippen LogP contribution in [0, 0.1) is 0 Å². The van der Waals surface area contributed by atoms with E-state index in [0.29, 0.717) is 5.71 Å². The SMILES string of the molecule is O=C(O)CO/N=C1/CC(=O)N2CCCC12. The van der Waals surface area contributed by atoms with Crippen LogP contribution in [0.5, 0.6) is 0 Å². The van der Waals surface area contributed by atoms with Gasteiger partial charge in [0.05, 0.1) is 18.2 Å². The molecule has 15 heavy (non-hydrogen) atoms. The summed E-state index contributed by atoms with van der Waals surface area (Å²) in [7, 11) is 0. The minimum absolute atomic E-state index is 0.0475. The predicted molar refractivity (Wildman–Crippen MR) is 50.4 cm³/mol. The number of carboxylic acid groups (broad SMARTS) is 1. The Bertz CT molecular complexity index is 326. The van der Waals surface area contributed by atoms with Crippen molar-refractivity contribution in [3.8, 4) is 0 Å². The van der Waals surface area contributed by atoms with E-state index in [2.05, 4.69) is 9.99 Å². The number of carbonyl (C=O) groups is 2. The van der Waals surface area contributed by atoms with Crippen LogP contribution in [0.3, 0.4) is 0 Å². The number of hydrogen-bond acceptors (Lipinski definition) is 4. The van der Waals surface area contributed by atoms with Gasteiger partial charge in [0.25, 0.3) is 0 Å². The highest BCUT2D eigenvalue weighted by molar-refractivity contribution is 6.10. The third-order valence-corrected chi connectivity index (χ3v) is 2.66. The van der Waals surface area contributed by atoms with E-state index in [1.165, 1.54) is 0 Å². The third-order valence-electron chi connectivity index (χ3n) is 2.66. The summed E-state index contributed by atoms with van der Waals surface area (Å²) in [6.07, 6.45) is 2.15. The molecule has 1 unspecified atom stereocenters. The second-order valence-corrected chi connectivity index (χ2v) is 3.67. The Morgan fingerprint density at radius 1 is 1.67 bits per heavy atom. The van der Waals surface area contributed by atoms with Crippen LogP contribution in [-0.2, 0) is 14.4 Å². The van der Waals surface area contributed by atoms with Crippen LogP contribution in [0.15, 0.2) is 5.16 Å². The molecule has 2 aliphatic heterocycles. The molecule has 2 aliphatic rings. The fourth-order valence-electron chi connectivity index (χ4n) is 2.05. The number of fused-ring (bicyclic) bond motifs is 1. The maximum atomic E-state index is 11.4. The van der Waals surface area contributed by atoms with E-state index < -0.39 is 12.6 Å². The van der Waals surface area contributed by atoms with Crippen molar-refractivity contribution in [3.05, 3.63) is 0 Å². The summed E-state index contributed by atoms with van der Waals surface area (Å²) in [6, 6.07) is 0.0475. The highest BCUT2D eigenvalue weighted by atomic mass is 16.6. The van der Waals surface area contributed by atoms with Crippen LogP contribution in [-0.4, -0.2) is 46.8 Å². The number of carboxylic acids is 1. The lowest BCUT2D eigenvalue weighted by Gasteiger charge is -2.13. The second kappa shape index (κ2) is 3.88. The molecule has 1 atom stereocenters. The largest absolute Gasteiger partial charge is 0.479 e. The molecule has 0 bridgehead atoms. The van der Waals surface area contributed by atoms with Crippen LogP contribution >= 0.6 is 0 Å². The molecule has 2 heterocycles. The van der Waals surface area contributed by atoms with Gasteiger partial charge in [-0.15, -0.1) is 0 Å². The van der Waals surface area contributed by atoms with Gasteiger partial charge in [0.2, 0.25) is 12.5 Å². The number of hydrogen-bond donors (Lipinski definition) is 1. The van der Waals surface area contributed by atoms with Crippen LogP contribution in [0.4, 0.5) is 0 Å². The molecule has 6 nitrogen and oxygen atoms in total. The second-order valence-electron chi connectivity index (χ2n) is 3.67. The van der Waals surface area contributed by atoms with Crippen LogP contribution in [0.2, 0.25) is 0 Å². The van der Waals surface area contributed by atoms with Gasteiger partial charge >= 0.3 is 5.97 Å². The van der Waals surface area contributed by atoms with E-state index in [1.54, 1.807) is 4.90 Å². The minimum atomic E-state index is -1.06. The highest BCUT2D eigenvalue weighted by Gasteiger charge is 2.40. The molecule has 0 radical (unpaired) electrons. The monoisotopic (exact) mass is 212 g/mol. The van der Waals surface area contributed by atoms with Crippen molar-refractivity contribution in [2.24, 2.45) is 5.16 Å². The highest BCUT2D eigenvalue weighted by Crippen LogP contribution is 2.26. The average Bonchev–Trinajstić information content (AvgIpc) is 2.71. The lowest BCUT2D eigenvalue weighted by Crippen LogP contribution is -2.29. The molecule has 0 spiro atoms. The number of carbonyl (C=O) groups excluding carboxylic acids is 1. The predicted octanol–water partition coefficient (Wildman–Crippen LogP) is -0.162. The van der Waals surface area contributed by atoms with Gasteiger partial charge in [0, 0.05) is 6.54 Å². The van der Waals surface area contributed by atoms with Crippen molar-refractivity contribution in [1.29, 1.82) is 0 Å². The van der Waals surface area contributed by atoms with Gasteiger partial charge in [-0.1, -0.05) is 5.16 Å². The molecule has 6 heteroatoms. The smallest absolute Gasteiger partial charge is 0.344 e. The van der Waals surface area contributed by atoms with Crippen molar-refractivity contribution < 1.29 is 19.5 Å². The number of aliphatic carboxylic acids is 1. The Morgan fingerprint density at radius 3 is 3.20 bits per heavy atom. The molecular weight excluding hydrogens is 200 g/mol. The van der Waals surface area contributed by atoms with E-state index >= 15 is 0 Å². The standard InChI is InChI=1S/C9H12N2O4/c12-8-4-6(10-15-5-9(13)14)7-2-1-3-11(7)8/h7H,1-5H2,(H,13,14)/b10-6-. The zero-order valence-corrected chi connectivity index (χ0v) is 8.18. The van der Waals surface area contributed by atoms with Gasteiger partial charge in [-0.2, -0.15) is 0 Å². The van der Waals surface area contributed by atoms with Gasteiger partial charge in [-0.25, -0.2) is 4.79 Å². The van der Waals surface area contributed by atoms with Crippen LogP contribution in [0.1, 0.15) is 19.3 Å². The summed E-state index contributed by atoms with van der Waals surface area (Å²) < 4.78 is 0. The summed E-state index contributed by atoms with van der Waals surface area (Å²) in [6.45, 7) is 0.325. The van der Waals surface area contributed by atoms with Gasteiger partial charge < -0.3 is 14.8 Å². The Labute approximate surface area is 86.5 Å². The van der Waals surface area contributed by atoms with Crippen LogP contribution in [0.25, 0.3) is 0 Å². The first-order chi connectivity index (χ1) is 7.18. The molecule has 2 rings (SSSR count). The minimum Gasteiger partial charge on any atom is -0.479 e. The molecule has 0 saturated carbocycles. The van der Waals surface area contributed by atoms with Crippen molar-refractivity contribution in [3.63, 3.8) is 0 Å². The van der Waals surface area contributed by atoms with E-state index in [0.717, 1.165) is 19.4 Å². The Hall–Kier alpha value is -1.59. The molecule has 0 aromatic heterocycles. The van der Waals surface area contributed by atoms with Gasteiger partial charge in [-0.05, 0) is 12.8 Å². The van der Waals surface area contributed by atoms with Gasteiger partial charge in [-0.3, -0.25) is 4.79 Å². The number of nitrogens with zero attached hydrogens (tertiary/aromatic N) is 2. The van der Waals surface area contributed by atoms with Crippen molar-refractivity contribution in [2.75, 3.05) is 13.2 Å². The molecule has 0 aliphatic carbocycles.